The van der Waals surface area contributed by atoms with E-state index in [-0.39, 0.29) is 29.5 Å². The van der Waals surface area contributed by atoms with Gasteiger partial charge in [0.1, 0.15) is 6.61 Å². The Morgan fingerprint density at radius 1 is 0.708 bits per heavy atom. The Morgan fingerprint density at radius 3 is 1.69 bits per heavy atom. The number of pyridine rings is 2. The van der Waals surface area contributed by atoms with Gasteiger partial charge in [-0.25, -0.2) is 0 Å². The number of amides is 2. The van der Waals surface area contributed by atoms with Gasteiger partial charge in [0.2, 0.25) is 11.8 Å². The van der Waals surface area contributed by atoms with E-state index in [1.54, 1.807) is 57.0 Å². The monoisotopic (exact) mass is 682 g/mol. The third kappa shape index (κ3) is 7.88. The predicted molar refractivity (Wildman–Crippen MR) is 178 cm³/mol. The van der Waals surface area contributed by atoms with Gasteiger partial charge in [0.25, 0.3) is 11.1 Å². The maximum absolute atomic E-state index is 12.4. The van der Waals surface area contributed by atoms with Gasteiger partial charge in [-0.05, 0) is 96.5 Å². The van der Waals surface area contributed by atoms with Gasteiger partial charge in [-0.3, -0.25) is 19.2 Å². The molecule has 0 spiro atoms. The van der Waals surface area contributed by atoms with E-state index in [0.717, 1.165) is 33.4 Å². The molecule has 0 saturated heterocycles. The predicted octanol–water partition coefficient (Wildman–Crippen LogP) is 6.22. The van der Waals surface area contributed by atoms with Crippen molar-refractivity contribution in [3.8, 4) is 22.3 Å². The molecule has 48 heavy (non-hydrogen) atoms. The van der Waals surface area contributed by atoms with E-state index in [1.165, 1.54) is 4.57 Å². The molecule has 2 aromatic carbocycles. The average molecular weight is 683 g/mol. The van der Waals surface area contributed by atoms with Crippen LogP contribution in [0, 0.1) is 13.8 Å². The van der Waals surface area contributed by atoms with Crippen molar-refractivity contribution in [3.63, 3.8) is 0 Å². The van der Waals surface area contributed by atoms with Crippen molar-refractivity contribution in [2.24, 2.45) is 14.1 Å². The third-order valence-electron chi connectivity index (χ3n) is 8.16. The highest BCUT2D eigenvalue weighted by molar-refractivity contribution is 6.34. The minimum absolute atomic E-state index is 0.00453. The van der Waals surface area contributed by atoms with E-state index in [2.05, 4.69) is 10.6 Å². The van der Waals surface area contributed by atoms with Gasteiger partial charge in [-0.2, -0.15) is 13.2 Å². The summed E-state index contributed by atoms with van der Waals surface area (Å²) in [5.41, 5.74) is 8.13. The molecule has 2 aromatic heterocycles. The van der Waals surface area contributed by atoms with Crippen LogP contribution >= 0.6 is 11.6 Å². The topological polar surface area (TPSA) is 111 Å². The summed E-state index contributed by atoms with van der Waals surface area (Å²) < 4.78 is 45.1. The van der Waals surface area contributed by atoms with Crippen molar-refractivity contribution in [3.05, 3.63) is 102 Å². The first-order valence-electron chi connectivity index (χ1n) is 15.2. The molecule has 0 radical (unpaired) electrons. The second-order valence-corrected chi connectivity index (χ2v) is 12.4. The van der Waals surface area contributed by atoms with Crippen LogP contribution in [0.3, 0.4) is 0 Å². The number of carbonyl (C=O) groups excluding carboxylic acids is 2. The molecule has 2 N–H and O–H groups in total. The molecule has 9 nitrogen and oxygen atoms in total. The lowest BCUT2D eigenvalue weighted by Gasteiger charge is -2.22. The first-order chi connectivity index (χ1) is 22.6. The van der Waals surface area contributed by atoms with Gasteiger partial charge in [0.15, 0.2) is 0 Å². The molecule has 0 fully saturated rings. The number of anilines is 2. The summed E-state index contributed by atoms with van der Waals surface area (Å²) in [6, 6.07) is 11.0. The number of halogens is 4. The lowest BCUT2D eigenvalue weighted by molar-refractivity contribution is -0.176. The highest BCUT2D eigenvalue weighted by atomic mass is 35.5. The molecule has 0 aliphatic carbocycles. The van der Waals surface area contributed by atoms with Crippen LogP contribution in [0.25, 0.3) is 22.3 Å². The smallest absolute Gasteiger partial charge is 0.367 e. The van der Waals surface area contributed by atoms with Crippen molar-refractivity contribution in [2.45, 2.75) is 52.3 Å². The van der Waals surface area contributed by atoms with Crippen LogP contribution in [0.5, 0.6) is 0 Å². The molecule has 2 amide bonds. The molecule has 0 bridgehead atoms. The molecular weight excluding hydrogens is 649 g/mol. The Kier molecular flexibility index (Phi) is 9.97. The number of nitrogens with one attached hydrogen (secondary N) is 2. The zero-order chi connectivity index (χ0) is 34.9. The fraction of sp³-hybridized carbons (Fsp3) is 0.314. The van der Waals surface area contributed by atoms with E-state index in [1.807, 2.05) is 24.3 Å². The molecule has 4 aromatic rings. The molecule has 0 saturated carbocycles. The number of ether oxygens (including phenoxy) is 1. The molecular formula is C35H34ClF3N4O5. The summed E-state index contributed by atoms with van der Waals surface area (Å²) in [5, 5.41) is 6.07. The zero-order valence-electron chi connectivity index (χ0n) is 26.8. The van der Waals surface area contributed by atoms with Gasteiger partial charge in [-0.1, -0.05) is 11.6 Å². The number of hydrogen-bond donors (Lipinski definition) is 2. The van der Waals surface area contributed by atoms with E-state index in [9.17, 15) is 32.3 Å². The third-order valence-corrected chi connectivity index (χ3v) is 8.46. The van der Waals surface area contributed by atoms with Crippen molar-refractivity contribution >= 4 is 34.8 Å². The normalized spacial score (nSPS) is 13.9. The second kappa shape index (κ2) is 13.8. The molecule has 13 heteroatoms. The fourth-order valence-electron chi connectivity index (χ4n) is 5.82. The maximum atomic E-state index is 12.4. The number of aromatic nitrogens is 2. The first kappa shape index (κ1) is 34.6. The van der Waals surface area contributed by atoms with Crippen molar-refractivity contribution in [1.29, 1.82) is 0 Å². The molecule has 2 aliphatic rings. The largest absolute Gasteiger partial charge is 0.411 e. The van der Waals surface area contributed by atoms with Crippen molar-refractivity contribution in [2.75, 3.05) is 17.2 Å². The van der Waals surface area contributed by atoms with Crippen LogP contribution in [0.15, 0.2) is 58.4 Å². The number of benzene rings is 2. The number of rotatable bonds is 5. The van der Waals surface area contributed by atoms with E-state index >= 15 is 0 Å². The molecule has 252 valence electrons. The standard InChI is InChI=1S/C19H19F3N2O3.C16H15ClN2O2/c1-11-5-14(8-24(2)18(11)26)13-6-12-3-4-16(25)23-17(12)15(7-13)9-27-10-19(20,21)22;1-9-5-12(8-19(2)16(9)21)11-6-10-3-4-14(20)18-15(10)13(17)7-11/h5-8H,3-4,9-10H2,1-2H3,(H,23,25);5-8H,3-4H2,1-2H3,(H,18,20). The summed E-state index contributed by atoms with van der Waals surface area (Å²) in [7, 11) is 3.38. The van der Waals surface area contributed by atoms with Crippen LogP contribution in [0.1, 0.15) is 40.7 Å². The number of hydrogen-bond acceptors (Lipinski definition) is 5. The SMILES string of the molecule is Cc1cc(-c2cc(Cl)c3c(c2)CCC(=O)N3)cn(C)c1=O.Cc1cc(-c2cc3c(c(COCC(F)(F)F)c2)NC(=O)CC3)cn(C)c1=O. The Hall–Kier alpha value is -4.68. The summed E-state index contributed by atoms with van der Waals surface area (Å²) in [5.74, 6) is -0.180. The average Bonchev–Trinajstić information content (AvgIpc) is 3.02. The highest BCUT2D eigenvalue weighted by Gasteiger charge is 2.28. The lowest BCUT2D eigenvalue weighted by atomic mass is 9.93. The highest BCUT2D eigenvalue weighted by Crippen LogP contribution is 2.36. The van der Waals surface area contributed by atoms with Crippen molar-refractivity contribution in [1.82, 2.24) is 9.13 Å². The Labute approximate surface area is 279 Å². The number of carbonyl (C=O) groups is 2. The van der Waals surface area contributed by atoms with E-state index in [0.29, 0.717) is 58.8 Å². The van der Waals surface area contributed by atoms with Crippen LogP contribution < -0.4 is 21.8 Å². The Morgan fingerprint density at radius 2 is 1.19 bits per heavy atom. The second-order valence-electron chi connectivity index (χ2n) is 12.0. The van der Waals surface area contributed by atoms with E-state index in [4.69, 9.17) is 16.3 Å². The number of nitrogens with zero attached hydrogens (tertiary/aromatic N) is 2. The molecule has 0 unspecified atom stereocenters. The number of fused-ring (bicyclic) bond motifs is 2. The van der Waals surface area contributed by atoms with Gasteiger partial charge < -0.3 is 24.5 Å². The van der Waals surface area contributed by atoms with Crippen LogP contribution in [0.4, 0.5) is 24.5 Å². The minimum atomic E-state index is -4.42. The summed E-state index contributed by atoms with van der Waals surface area (Å²) in [6.07, 6.45) is 1.01. The molecule has 6 rings (SSSR count). The Balaban J connectivity index is 0.000000194. The summed E-state index contributed by atoms with van der Waals surface area (Å²) >= 11 is 6.29. The van der Waals surface area contributed by atoms with Gasteiger partial charge in [0.05, 0.1) is 17.3 Å². The lowest BCUT2D eigenvalue weighted by Crippen LogP contribution is -2.22. The van der Waals surface area contributed by atoms with Gasteiger partial charge >= 0.3 is 6.18 Å². The maximum Gasteiger partial charge on any atom is 0.411 e. The van der Waals surface area contributed by atoms with Gasteiger partial charge in [-0.15, -0.1) is 0 Å². The zero-order valence-corrected chi connectivity index (χ0v) is 27.6. The summed E-state index contributed by atoms with van der Waals surface area (Å²) in [6.45, 7) is 1.86. The van der Waals surface area contributed by atoms with Crippen molar-refractivity contribution < 1.29 is 27.5 Å². The van der Waals surface area contributed by atoms with E-state index < -0.39 is 12.8 Å². The van der Waals surface area contributed by atoms with Crippen LogP contribution in [-0.4, -0.2) is 33.7 Å². The molecule has 2 aliphatic heterocycles. The minimum Gasteiger partial charge on any atom is -0.367 e. The fourth-order valence-corrected chi connectivity index (χ4v) is 6.11. The number of aryl methyl sites for hydroxylation is 6. The quantitative estimate of drug-likeness (QED) is 0.260. The number of alkyl halides is 3. The van der Waals surface area contributed by atoms with Gasteiger partial charge in [0, 0.05) is 61.7 Å². The first-order valence-corrected chi connectivity index (χ1v) is 15.5. The summed E-state index contributed by atoms with van der Waals surface area (Å²) in [4.78, 5) is 46.9. The molecule has 4 heterocycles. The van der Waals surface area contributed by atoms with Crippen LogP contribution in [-0.2, 0) is 47.9 Å². The Bertz CT molecular complexity index is 2000. The van der Waals surface area contributed by atoms with Crippen LogP contribution in [0.2, 0.25) is 5.02 Å². The molecule has 0 atom stereocenters.